The highest BCUT2D eigenvalue weighted by Gasteiger charge is 2.19. The van der Waals surface area contributed by atoms with Crippen LogP contribution in [0.3, 0.4) is 0 Å². The SMILES string of the molecule is CCOc1c(/C(C)=C/C(=O)NCCOC)cc2c(-c3ccc(C)cc3C)coc2c1C. The Hall–Kier alpha value is -3.05. The number of rotatable bonds is 8. The van der Waals surface area contributed by atoms with Crippen molar-refractivity contribution < 1.29 is 18.7 Å². The zero-order valence-corrected chi connectivity index (χ0v) is 19.2. The van der Waals surface area contributed by atoms with Crippen molar-refractivity contribution in [1.29, 1.82) is 0 Å². The van der Waals surface area contributed by atoms with Crippen LogP contribution in [-0.4, -0.2) is 32.8 Å². The lowest BCUT2D eigenvalue weighted by molar-refractivity contribution is -0.116. The van der Waals surface area contributed by atoms with Gasteiger partial charge in [-0.1, -0.05) is 23.8 Å². The lowest BCUT2D eigenvalue weighted by Crippen LogP contribution is -2.25. The molecule has 5 heteroatoms. The highest BCUT2D eigenvalue weighted by Crippen LogP contribution is 2.41. The molecule has 0 radical (unpaired) electrons. The van der Waals surface area contributed by atoms with E-state index in [0.29, 0.717) is 19.8 Å². The molecule has 0 unspecified atom stereocenters. The largest absolute Gasteiger partial charge is 0.493 e. The summed E-state index contributed by atoms with van der Waals surface area (Å²) in [5.74, 6) is 0.589. The average Bonchev–Trinajstić information content (AvgIpc) is 3.14. The smallest absolute Gasteiger partial charge is 0.244 e. The third-order valence-electron chi connectivity index (χ3n) is 5.38. The molecular formula is C26H31NO4. The van der Waals surface area contributed by atoms with Gasteiger partial charge >= 0.3 is 0 Å². The molecular weight excluding hydrogens is 390 g/mol. The Morgan fingerprint density at radius 3 is 2.61 bits per heavy atom. The summed E-state index contributed by atoms with van der Waals surface area (Å²) in [4.78, 5) is 12.3. The first-order valence-electron chi connectivity index (χ1n) is 10.6. The Bertz CT molecular complexity index is 1120. The molecule has 1 heterocycles. The Morgan fingerprint density at radius 2 is 1.94 bits per heavy atom. The summed E-state index contributed by atoms with van der Waals surface area (Å²) in [6, 6.07) is 8.48. The maximum absolute atomic E-state index is 12.3. The van der Waals surface area contributed by atoms with Crippen LogP contribution in [0.25, 0.3) is 27.7 Å². The van der Waals surface area contributed by atoms with Gasteiger partial charge in [0, 0.05) is 41.8 Å². The molecule has 0 aliphatic heterocycles. The van der Waals surface area contributed by atoms with Crippen LogP contribution in [0.4, 0.5) is 0 Å². The molecule has 1 amide bonds. The molecule has 5 nitrogen and oxygen atoms in total. The number of carbonyl (C=O) groups is 1. The molecule has 1 aromatic heterocycles. The lowest BCUT2D eigenvalue weighted by atomic mass is 9.94. The van der Waals surface area contributed by atoms with E-state index in [9.17, 15) is 4.79 Å². The molecule has 0 saturated heterocycles. The van der Waals surface area contributed by atoms with Crippen molar-refractivity contribution >= 4 is 22.4 Å². The number of ether oxygens (including phenoxy) is 2. The first-order chi connectivity index (χ1) is 14.9. The second-order valence-corrected chi connectivity index (χ2v) is 7.77. The summed E-state index contributed by atoms with van der Waals surface area (Å²) in [6.07, 6.45) is 3.42. The van der Waals surface area contributed by atoms with Gasteiger partial charge in [0.1, 0.15) is 11.3 Å². The van der Waals surface area contributed by atoms with Gasteiger partial charge in [-0.2, -0.15) is 0 Å². The van der Waals surface area contributed by atoms with Gasteiger partial charge in [-0.15, -0.1) is 0 Å². The minimum absolute atomic E-state index is 0.156. The van der Waals surface area contributed by atoms with E-state index < -0.39 is 0 Å². The lowest BCUT2D eigenvalue weighted by Gasteiger charge is -2.15. The van der Waals surface area contributed by atoms with E-state index in [1.807, 2.05) is 27.0 Å². The maximum atomic E-state index is 12.3. The van der Waals surface area contributed by atoms with Crippen molar-refractivity contribution in [3.8, 4) is 16.9 Å². The zero-order chi connectivity index (χ0) is 22.5. The average molecular weight is 422 g/mol. The minimum Gasteiger partial charge on any atom is -0.493 e. The standard InChI is InChI=1S/C26H31NO4/c1-7-30-25-19(5)26-22(14-21(25)18(4)13-24(28)27-10-11-29-6)23(15-31-26)20-9-8-16(2)12-17(20)3/h8-9,12-15H,7,10-11H2,1-6H3,(H,27,28)/b18-13+. The second kappa shape index (κ2) is 9.84. The van der Waals surface area contributed by atoms with Crippen molar-refractivity contribution in [3.63, 3.8) is 0 Å². The van der Waals surface area contributed by atoms with Crippen LogP contribution in [-0.2, 0) is 9.53 Å². The number of fused-ring (bicyclic) bond motifs is 1. The summed E-state index contributed by atoms with van der Waals surface area (Å²) in [6.45, 7) is 11.5. The van der Waals surface area contributed by atoms with Crippen molar-refractivity contribution in [2.75, 3.05) is 26.9 Å². The normalized spacial score (nSPS) is 11.7. The number of carbonyl (C=O) groups excluding carboxylic acids is 1. The number of hydrogen-bond acceptors (Lipinski definition) is 4. The Balaban J connectivity index is 2.13. The fourth-order valence-electron chi connectivity index (χ4n) is 3.87. The highest BCUT2D eigenvalue weighted by atomic mass is 16.5. The topological polar surface area (TPSA) is 60.7 Å². The van der Waals surface area contributed by atoms with Crippen LogP contribution < -0.4 is 10.1 Å². The van der Waals surface area contributed by atoms with Gasteiger partial charge in [-0.25, -0.2) is 0 Å². The predicted molar refractivity (Wildman–Crippen MR) is 126 cm³/mol. The number of benzene rings is 2. The molecule has 2 aromatic carbocycles. The van der Waals surface area contributed by atoms with E-state index in [1.54, 1.807) is 13.2 Å². The fraction of sp³-hybridized carbons (Fsp3) is 0.346. The number of aryl methyl sites for hydroxylation is 3. The molecule has 0 atom stereocenters. The summed E-state index contributed by atoms with van der Waals surface area (Å²) in [5, 5.41) is 3.84. The Labute approximate surface area is 184 Å². The predicted octanol–water partition coefficient (Wildman–Crippen LogP) is 5.59. The van der Waals surface area contributed by atoms with Crippen LogP contribution in [0, 0.1) is 20.8 Å². The molecule has 0 aliphatic rings. The number of methoxy groups -OCH3 is 1. The van der Waals surface area contributed by atoms with Crippen molar-refractivity contribution in [3.05, 3.63) is 58.9 Å². The van der Waals surface area contributed by atoms with Gasteiger partial charge in [0.25, 0.3) is 0 Å². The first-order valence-corrected chi connectivity index (χ1v) is 10.6. The first kappa shape index (κ1) is 22.6. The van der Waals surface area contributed by atoms with E-state index in [-0.39, 0.29) is 5.91 Å². The minimum atomic E-state index is -0.156. The van der Waals surface area contributed by atoms with Crippen LogP contribution in [0.1, 0.15) is 36.1 Å². The van der Waals surface area contributed by atoms with E-state index in [1.165, 1.54) is 11.1 Å². The van der Waals surface area contributed by atoms with Gasteiger partial charge in [0.15, 0.2) is 0 Å². The van der Waals surface area contributed by atoms with Crippen LogP contribution >= 0.6 is 0 Å². The molecule has 0 bridgehead atoms. The highest BCUT2D eigenvalue weighted by molar-refractivity contribution is 6.02. The van der Waals surface area contributed by atoms with E-state index in [4.69, 9.17) is 13.9 Å². The molecule has 0 saturated carbocycles. The van der Waals surface area contributed by atoms with Gasteiger partial charge in [0.05, 0.1) is 19.5 Å². The van der Waals surface area contributed by atoms with E-state index in [2.05, 4.69) is 43.4 Å². The zero-order valence-electron chi connectivity index (χ0n) is 19.2. The van der Waals surface area contributed by atoms with Crippen LogP contribution in [0.2, 0.25) is 0 Å². The van der Waals surface area contributed by atoms with Gasteiger partial charge in [0.2, 0.25) is 5.91 Å². The summed E-state index contributed by atoms with van der Waals surface area (Å²) in [7, 11) is 1.61. The van der Waals surface area contributed by atoms with Crippen molar-refractivity contribution in [2.45, 2.75) is 34.6 Å². The fourth-order valence-corrected chi connectivity index (χ4v) is 3.87. The Kier molecular flexibility index (Phi) is 7.18. The third-order valence-corrected chi connectivity index (χ3v) is 5.38. The second-order valence-electron chi connectivity index (χ2n) is 7.77. The maximum Gasteiger partial charge on any atom is 0.244 e. The summed E-state index contributed by atoms with van der Waals surface area (Å²) >= 11 is 0. The number of allylic oxidation sites excluding steroid dienone is 1. The molecule has 0 fully saturated rings. The molecule has 1 N–H and O–H groups in total. The van der Waals surface area contributed by atoms with Gasteiger partial charge < -0.3 is 19.2 Å². The molecule has 0 spiro atoms. The number of amides is 1. The van der Waals surface area contributed by atoms with Gasteiger partial charge in [-0.3, -0.25) is 4.79 Å². The van der Waals surface area contributed by atoms with Crippen LogP contribution in [0.5, 0.6) is 5.75 Å². The van der Waals surface area contributed by atoms with E-state index in [0.717, 1.165) is 44.5 Å². The van der Waals surface area contributed by atoms with Crippen molar-refractivity contribution in [2.24, 2.45) is 0 Å². The number of furan rings is 1. The summed E-state index contributed by atoms with van der Waals surface area (Å²) < 4.78 is 17.0. The quantitative estimate of drug-likeness (QED) is 0.380. The van der Waals surface area contributed by atoms with Gasteiger partial charge in [-0.05, 0) is 57.4 Å². The van der Waals surface area contributed by atoms with Crippen LogP contribution in [0.15, 0.2) is 41.0 Å². The number of nitrogens with one attached hydrogen (secondary N) is 1. The third kappa shape index (κ3) is 4.83. The monoisotopic (exact) mass is 421 g/mol. The van der Waals surface area contributed by atoms with Crippen molar-refractivity contribution in [1.82, 2.24) is 5.32 Å². The molecule has 0 aliphatic carbocycles. The molecule has 3 rings (SSSR count). The Morgan fingerprint density at radius 1 is 1.16 bits per heavy atom. The molecule has 31 heavy (non-hydrogen) atoms. The van der Waals surface area contributed by atoms with E-state index >= 15 is 0 Å². The molecule has 164 valence electrons. The molecule has 3 aromatic rings. The summed E-state index contributed by atoms with van der Waals surface area (Å²) in [5.41, 5.74) is 8.05. The number of hydrogen-bond donors (Lipinski definition) is 1.